The number of benzene rings is 4. The van der Waals surface area contributed by atoms with Gasteiger partial charge in [0.15, 0.2) is 48.3 Å². The predicted molar refractivity (Wildman–Crippen MR) is 430 cm³/mol. The molecule has 12 heterocycles. The molecule has 0 spiro atoms. The van der Waals surface area contributed by atoms with Crippen LogP contribution in [0.1, 0.15) is 203 Å². The van der Waals surface area contributed by atoms with Gasteiger partial charge in [0.1, 0.15) is 144 Å². The summed E-state index contributed by atoms with van der Waals surface area (Å²) in [5.74, 6) is -2.14. The lowest BCUT2D eigenvalue weighted by atomic mass is 9.76. The van der Waals surface area contributed by atoms with Crippen molar-refractivity contribution in [2.45, 2.75) is 304 Å². The summed E-state index contributed by atoms with van der Waals surface area (Å²) in [6.45, 7) is 22.9. The van der Waals surface area contributed by atoms with Crippen LogP contribution in [0.5, 0.6) is 46.0 Å². The van der Waals surface area contributed by atoms with Crippen LogP contribution in [0.2, 0.25) is 0 Å². The van der Waals surface area contributed by atoms with Crippen molar-refractivity contribution in [1.82, 2.24) is 0 Å². The number of hydrogen-bond acceptors (Lipinski definition) is 32. The fraction of sp³-hybridized carbons (Fsp3) is 0.714. The Labute approximate surface area is 706 Å². The van der Waals surface area contributed by atoms with Gasteiger partial charge in [0.2, 0.25) is 0 Å². The van der Waals surface area contributed by atoms with E-state index >= 15 is 0 Å². The van der Waals surface area contributed by atoms with Crippen molar-refractivity contribution < 1.29 is 149 Å². The third kappa shape index (κ3) is 17.1. The number of ether oxygens (including phenoxy) is 20. The third-order valence-corrected chi connectivity index (χ3v) is 28.7. The number of fused-ring (bicyclic) bond motifs is 4. The molecule has 36 heteroatoms. The van der Waals surface area contributed by atoms with Crippen LogP contribution in [-0.4, -0.2) is 229 Å². The van der Waals surface area contributed by atoms with Gasteiger partial charge in [0.25, 0.3) is 0 Å². The van der Waals surface area contributed by atoms with Crippen molar-refractivity contribution in [3.63, 3.8) is 0 Å². The minimum Gasteiger partial charge on any atom is -0.417 e. The molecule has 120 heavy (non-hydrogen) atoms. The quantitative estimate of drug-likeness (QED) is 0.0477. The molecule has 4 aromatic rings. The van der Waals surface area contributed by atoms with E-state index in [2.05, 4.69) is 52.0 Å². The van der Waals surface area contributed by atoms with Crippen LogP contribution in [0, 0.1) is 0 Å². The lowest BCUT2D eigenvalue weighted by Gasteiger charge is -2.41. The van der Waals surface area contributed by atoms with Gasteiger partial charge in [0.05, 0.1) is 26.4 Å². The molecule has 0 aromatic heterocycles. The van der Waals surface area contributed by atoms with Gasteiger partial charge in [-0.05, 0) is 105 Å². The Balaban J connectivity index is 0.857. The summed E-state index contributed by atoms with van der Waals surface area (Å²) in [5.41, 5.74) is 6.80. The average Bonchev–Trinajstić information content (AvgIpc) is 1.14. The second-order valence-electron chi connectivity index (χ2n) is 34.1. The van der Waals surface area contributed by atoms with Crippen LogP contribution in [0.4, 0.5) is 0 Å². The molecule has 664 valence electrons. The van der Waals surface area contributed by atoms with E-state index in [0.29, 0.717) is 71.7 Å². The van der Waals surface area contributed by atoms with Gasteiger partial charge < -0.3 is 131 Å². The normalized spacial score (nSPS) is 37.7. The van der Waals surface area contributed by atoms with Crippen molar-refractivity contribution in [2.24, 2.45) is 0 Å². The molecule has 0 N–H and O–H groups in total. The van der Waals surface area contributed by atoms with Crippen molar-refractivity contribution in [1.29, 1.82) is 0 Å². The lowest BCUT2D eigenvalue weighted by Crippen LogP contribution is -2.59. The Hall–Kier alpha value is -3.96. The van der Waals surface area contributed by atoms with Crippen LogP contribution in [0.25, 0.3) is 0 Å². The standard InChI is InChI=1S/C84H116O32P4/c1-21-25-41-45-29-47-42(26-22-2)49-31-51-44(28-24-4)52-32-50-43(27-23-3)48-30-46(41)54-34-56(48)112-119(95-39-63-67(87-15)71(91-19)75-79(99-63)107-83(9,10)103-75)114-58(50)36-60(52)116-120(96-40-64-68(88-16)72(92-20)76-80(100-64)108-84(11,12)104-76)115-59(51)35-57(49)113-118(94-38-62-66(86-14)70(90-18)74-78(98-62)106-82(7,8)102-74)111-55(47)33-53(45)109-117(110-54)93-37-61-65(85-13)69(89-17)73-77(97-61)105-81(5,6)101-73/h29-36,41-44,61-80H,21-28,37-40H2,1-20H3/t41?,42?,43?,44?,61-,62-,63-,64-,65+,66+,67+,68+,69+,70+,71+,72+,73-,74-,75-,76-,77-,78-,79-,80-,117?,118?,119?,120?/m1/s1. The maximum absolute atomic E-state index is 7.44. The zero-order valence-electron chi connectivity index (χ0n) is 71.8. The molecule has 0 saturated carbocycles. The fourth-order valence-corrected chi connectivity index (χ4v) is 23.6. The van der Waals surface area contributed by atoms with E-state index in [9.17, 15) is 0 Å². The summed E-state index contributed by atoms with van der Waals surface area (Å²) in [5, 5.41) is 0. The fourth-order valence-electron chi connectivity index (χ4n) is 19.4. The smallest absolute Gasteiger partial charge is 0.417 e. The van der Waals surface area contributed by atoms with Crippen LogP contribution in [-0.2, 0) is 113 Å². The van der Waals surface area contributed by atoms with E-state index in [1.165, 1.54) is 0 Å². The molecule has 8 saturated heterocycles. The van der Waals surface area contributed by atoms with Crippen LogP contribution in [0.15, 0.2) is 48.5 Å². The monoisotopic (exact) mass is 1760 g/mol. The van der Waals surface area contributed by atoms with Gasteiger partial charge >= 0.3 is 34.4 Å². The van der Waals surface area contributed by atoms with E-state index in [4.69, 9.17) is 149 Å². The summed E-state index contributed by atoms with van der Waals surface area (Å²) in [6.07, 6.45) is -8.78. The highest BCUT2D eigenvalue weighted by atomic mass is 31.2. The molecule has 13 aliphatic rings. The van der Waals surface area contributed by atoms with Gasteiger partial charge in [-0.2, -0.15) is 0 Å². The Bertz CT molecular complexity index is 3610. The van der Waals surface area contributed by atoms with Gasteiger partial charge in [0, 0.05) is 149 Å². The maximum atomic E-state index is 7.44. The highest BCUT2D eigenvalue weighted by Gasteiger charge is 2.61. The van der Waals surface area contributed by atoms with Crippen molar-refractivity contribution in [3.8, 4) is 46.0 Å². The van der Waals surface area contributed by atoms with Crippen molar-refractivity contribution >= 4 is 34.4 Å². The molecule has 4 aromatic carbocycles. The summed E-state index contributed by atoms with van der Waals surface area (Å²) in [7, 11) is 2.91. The Kier molecular flexibility index (Phi) is 26.4. The largest absolute Gasteiger partial charge is 0.463 e. The number of methoxy groups -OCH3 is 8. The number of hydrogen-bond donors (Lipinski definition) is 0. The SMILES string of the molecule is CCCC1c2cc3c4cc2OP(OC[C@H]2O[C@@H]5OC(C)(C)O[C@@H]5[C@@H](OC)[C@H]2OC)Oc2cc5c(cc21)C(CCC)c1cc2c(cc1OP(OC[C@H]1O[C@@H]6OC(C)(C)O[C@@H]6[C@@H](OC)[C@H]1OC)O5)OP(OC[C@H]1O[C@@H]5OC(C)(C)O[C@@H]5[C@@H](OC)[C@H]1OC)Oc1cc(c(cc1C2CCC)C3CCC)OP(OC[C@H]1O[C@@H]2OC(C)(C)O[C@@H]2[C@@H](OC)[C@H]1OC)O4. The molecular formula is C84H116O32P4. The van der Waals surface area contributed by atoms with Crippen molar-refractivity contribution in [2.75, 3.05) is 83.3 Å². The molecule has 8 fully saturated rings. The zero-order chi connectivity index (χ0) is 84.2. The number of rotatable bonds is 28. The first-order valence-electron chi connectivity index (χ1n) is 41.9. The molecular weight excluding hydrogens is 1640 g/mol. The van der Waals surface area contributed by atoms with E-state index in [0.717, 1.165) is 70.2 Å². The van der Waals surface area contributed by atoms with Crippen LogP contribution >= 0.6 is 34.4 Å². The van der Waals surface area contributed by atoms with Crippen LogP contribution < -0.4 is 36.2 Å². The molecule has 8 bridgehead atoms. The van der Waals surface area contributed by atoms with Gasteiger partial charge in [-0.1, -0.05) is 53.4 Å². The average molecular weight is 1760 g/mol. The minimum atomic E-state index is -2.49. The van der Waals surface area contributed by atoms with E-state index in [1.807, 2.05) is 79.7 Å². The van der Waals surface area contributed by atoms with Gasteiger partial charge in [-0.25, -0.2) is 0 Å². The van der Waals surface area contributed by atoms with E-state index in [-0.39, 0.29) is 26.4 Å². The summed E-state index contributed by atoms with van der Waals surface area (Å²) in [4.78, 5) is 0. The summed E-state index contributed by atoms with van der Waals surface area (Å²) >= 11 is 0. The molecule has 0 amide bonds. The topological polar surface area (TPSA) is 295 Å². The molecule has 1 aliphatic carbocycles. The second kappa shape index (κ2) is 35.9. The first-order chi connectivity index (χ1) is 57.7. The first kappa shape index (κ1) is 88.1. The van der Waals surface area contributed by atoms with E-state index < -0.39 is 204 Å². The highest BCUT2D eigenvalue weighted by molar-refractivity contribution is 7.43. The molecule has 0 unspecified atom stereocenters. The van der Waals surface area contributed by atoms with Crippen molar-refractivity contribution in [3.05, 3.63) is 93.0 Å². The molecule has 12 aliphatic heterocycles. The predicted octanol–water partition coefficient (Wildman–Crippen LogP) is 15.4. The van der Waals surface area contributed by atoms with Gasteiger partial charge in [-0.3, -0.25) is 18.1 Å². The molecule has 32 nitrogen and oxygen atoms in total. The summed E-state index contributed by atoms with van der Waals surface area (Å²) in [6, 6.07) is 16.8. The van der Waals surface area contributed by atoms with Gasteiger partial charge in [-0.15, -0.1) is 0 Å². The van der Waals surface area contributed by atoms with E-state index in [1.54, 1.807) is 56.9 Å². The molecule has 20 atom stereocenters. The minimum absolute atomic E-state index is 0.122. The summed E-state index contributed by atoms with van der Waals surface area (Å²) < 4.78 is 216. The Morgan fingerprint density at radius 3 is 0.583 bits per heavy atom. The molecule has 17 rings (SSSR count). The second-order valence-corrected chi connectivity index (χ2v) is 38.3. The lowest BCUT2D eigenvalue weighted by molar-refractivity contribution is -0.264. The highest BCUT2D eigenvalue weighted by Crippen LogP contribution is 2.64. The third-order valence-electron chi connectivity index (χ3n) is 24.5. The Morgan fingerprint density at radius 2 is 0.425 bits per heavy atom. The van der Waals surface area contributed by atoms with Crippen LogP contribution in [0.3, 0.4) is 0 Å². The first-order valence-corrected chi connectivity index (χ1v) is 46.3. The zero-order valence-corrected chi connectivity index (χ0v) is 75.4. The maximum Gasteiger partial charge on any atom is 0.463 e. The molecule has 0 radical (unpaired) electrons. The Morgan fingerprint density at radius 1 is 0.250 bits per heavy atom.